The Bertz CT molecular complexity index is 838. The van der Waals surface area contributed by atoms with E-state index in [-0.39, 0.29) is 18.1 Å². The van der Waals surface area contributed by atoms with Crippen molar-refractivity contribution < 1.29 is 14.3 Å². The maximum absolute atomic E-state index is 12.6. The molecule has 3 rings (SSSR count). The fraction of sp³-hybridized carbons (Fsp3) is 0.444. The Hall–Kier alpha value is -2.90. The predicted molar refractivity (Wildman–Crippen MR) is 95.9 cm³/mol. The van der Waals surface area contributed by atoms with Crippen LogP contribution in [0.3, 0.4) is 0 Å². The Morgan fingerprint density at radius 1 is 1.31 bits per heavy atom. The predicted octanol–water partition coefficient (Wildman–Crippen LogP) is 2.66. The maximum atomic E-state index is 12.6. The number of nitrogens with zero attached hydrogens (tertiary/aromatic N) is 3. The number of aromatic nitrogens is 3. The number of fused-ring (bicyclic) bond motifs is 1. The average molecular weight is 357 g/mol. The van der Waals surface area contributed by atoms with Gasteiger partial charge in [0.15, 0.2) is 5.69 Å². The van der Waals surface area contributed by atoms with Gasteiger partial charge in [0.2, 0.25) is 0 Å². The Morgan fingerprint density at radius 3 is 2.77 bits per heavy atom. The summed E-state index contributed by atoms with van der Waals surface area (Å²) in [6, 6.07) is 5.39. The number of aromatic amines is 1. The van der Waals surface area contributed by atoms with Crippen LogP contribution in [0.5, 0.6) is 0 Å². The minimum Gasteiger partial charge on any atom is -0.444 e. The molecule has 3 heterocycles. The molecule has 138 valence electrons. The van der Waals surface area contributed by atoms with E-state index >= 15 is 0 Å². The van der Waals surface area contributed by atoms with Crippen molar-refractivity contribution in [1.29, 1.82) is 0 Å². The molecule has 0 saturated heterocycles. The van der Waals surface area contributed by atoms with Crippen molar-refractivity contribution in [3.05, 3.63) is 40.8 Å². The van der Waals surface area contributed by atoms with Gasteiger partial charge < -0.3 is 15.0 Å². The smallest absolute Gasteiger partial charge is 0.410 e. The molecule has 0 fully saturated rings. The van der Waals surface area contributed by atoms with E-state index in [2.05, 4.69) is 20.5 Å². The summed E-state index contributed by atoms with van der Waals surface area (Å²) >= 11 is 0. The normalized spacial score (nSPS) is 13.9. The fourth-order valence-electron chi connectivity index (χ4n) is 2.75. The lowest BCUT2D eigenvalue weighted by molar-refractivity contribution is 0.0222. The van der Waals surface area contributed by atoms with Gasteiger partial charge in [0.25, 0.3) is 5.91 Å². The summed E-state index contributed by atoms with van der Waals surface area (Å²) in [5.74, 6) is 0.109. The van der Waals surface area contributed by atoms with Crippen molar-refractivity contribution in [3.8, 4) is 0 Å². The highest BCUT2D eigenvalue weighted by atomic mass is 16.6. The third-order valence-corrected chi connectivity index (χ3v) is 3.93. The summed E-state index contributed by atoms with van der Waals surface area (Å²) in [6.45, 7) is 8.13. The molecule has 2 amide bonds. The third-order valence-electron chi connectivity index (χ3n) is 3.93. The molecule has 0 bridgehead atoms. The van der Waals surface area contributed by atoms with Gasteiger partial charge in [-0.1, -0.05) is 6.07 Å². The molecule has 1 aliphatic heterocycles. The number of aryl methyl sites for hydroxylation is 1. The van der Waals surface area contributed by atoms with Crippen molar-refractivity contribution in [1.82, 2.24) is 20.1 Å². The number of H-pyrrole nitrogens is 1. The molecule has 0 aromatic carbocycles. The molecular weight excluding hydrogens is 334 g/mol. The topological polar surface area (TPSA) is 100 Å². The van der Waals surface area contributed by atoms with Crippen LogP contribution in [-0.2, 0) is 17.7 Å². The van der Waals surface area contributed by atoms with E-state index in [1.165, 1.54) is 0 Å². The van der Waals surface area contributed by atoms with Gasteiger partial charge in [0.1, 0.15) is 11.4 Å². The van der Waals surface area contributed by atoms with Crippen molar-refractivity contribution in [3.63, 3.8) is 0 Å². The van der Waals surface area contributed by atoms with Crippen LogP contribution in [0.1, 0.15) is 48.2 Å². The van der Waals surface area contributed by atoms with Crippen LogP contribution in [0.4, 0.5) is 10.6 Å². The van der Waals surface area contributed by atoms with E-state index in [1.807, 2.05) is 39.8 Å². The highest BCUT2D eigenvalue weighted by molar-refractivity contribution is 6.03. The largest absolute Gasteiger partial charge is 0.444 e. The van der Waals surface area contributed by atoms with E-state index in [0.29, 0.717) is 24.3 Å². The molecule has 2 N–H and O–H groups in total. The second-order valence-electron chi connectivity index (χ2n) is 7.30. The van der Waals surface area contributed by atoms with Crippen LogP contribution >= 0.6 is 0 Å². The molecule has 0 atom stereocenters. The molecule has 1 aliphatic rings. The van der Waals surface area contributed by atoms with E-state index in [1.54, 1.807) is 11.0 Å². The molecular formula is C18H23N5O3. The quantitative estimate of drug-likeness (QED) is 0.861. The summed E-state index contributed by atoms with van der Waals surface area (Å²) < 4.78 is 5.42. The fourth-order valence-corrected chi connectivity index (χ4v) is 2.75. The monoisotopic (exact) mass is 357 g/mol. The average Bonchev–Trinajstić information content (AvgIpc) is 2.96. The van der Waals surface area contributed by atoms with Gasteiger partial charge in [-0.15, -0.1) is 0 Å². The number of carbonyl (C=O) groups excluding carboxylic acids is 2. The molecule has 0 saturated carbocycles. The Kier molecular flexibility index (Phi) is 4.67. The first-order valence-electron chi connectivity index (χ1n) is 8.52. The lowest BCUT2D eigenvalue weighted by Gasteiger charge is -2.30. The van der Waals surface area contributed by atoms with E-state index in [4.69, 9.17) is 4.74 Å². The van der Waals surface area contributed by atoms with Gasteiger partial charge in [-0.3, -0.25) is 9.89 Å². The highest BCUT2D eigenvalue weighted by Crippen LogP contribution is 2.23. The minimum atomic E-state index is -0.565. The van der Waals surface area contributed by atoms with E-state index < -0.39 is 11.7 Å². The summed E-state index contributed by atoms with van der Waals surface area (Å²) in [4.78, 5) is 30.8. The standard InChI is InChI=1S/C18H23N5O3/c1-11-6-5-7-14(19-11)20-16(24)15-12-10-23(9-8-13(12)21-22-15)17(25)26-18(2,3)4/h5-7H,8-10H2,1-4H3,(H,21,22)(H,19,20,24). The minimum absolute atomic E-state index is 0.275. The van der Waals surface area contributed by atoms with Gasteiger partial charge in [-0.25, -0.2) is 9.78 Å². The zero-order valence-electron chi connectivity index (χ0n) is 15.4. The summed E-state index contributed by atoms with van der Waals surface area (Å²) in [6.07, 6.45) is 0.202. The van der Waals surface area contributed by atoms with Crippen molar-refractivity contribution in [2.75, 3.05) is 11.9 Å². The zero-order valence-corrected chi connectivity index (χ0v) is 15.4. The molecule has 8 heteroatoms. The molecule has 0 spiro atoms. The molecule has 0 aliphatic carbocycles. The Labute approximate surface area is 151 Å². The van der Waals surface area contributed by atoms with E-state index in [9.17, 15) is 9.59 Å². The number of carbonyl (C=O) groups is 2. The number of amides is 2. The molecule has 8 nitrogen and oxygen atoms in total. The number of hydrogen-bond donors (Lipinski definition) is 2. The zero-order chi connectivity index (χ0) is 18.9. The van der Waals surface area contributed by atoms with Gasteiger partial charge in [0.05, 0.1) is 6.54 Å². The van der Waals surface area contributed by atoms with Crippen molar-refractivity contribution >= 4 is 17.8 Å². The summed E-state index contributed by atoms with van der Waals surface area (Å²) in [5.41, 5.74) is 2.10. The first-order valence-corrected chi connectivity index (χ1v) is 8.52. The van der Waals surface area contributed by atoms with Gasteiger partial charge in [-0.05, 0) is 39.8 Å². The van der Waals surface area contributed by atoms with Crippen LogP contribution in [0.25, 0.3) is 0 Å². The molecule has 0 radical (unpaired) electrons. The van der Waals surface area contributed by atoms with Gasteiger partial charge >= 0.3 is 6.09 Å². The highest BCUT2D eigenvalue weighted by Gasteiger charge is 2.30. The lowest BCUT2D eigenvalue weighted by atomic mass is 10.1. The van der Waals surface area contributed by atoms with Crippen LogP contribution in [0.15, 0.2) is 18.2 Å². The van der Waals surface area contributed by atoms with Gasteiger partial charge in [-0.2, -0.15) is 5.10 Å². The molecule has 2 aromatic rings. The number of anilines is 1. The number of nitrogens with one attached hydrogen (secondary N) is 2. The maximum Gasteiger partial charge on any atom is 0.410 e. The van der Waals surface area contributed by atoms with Crippen LogP contribution in [0, 0.1) is 6.92 Å². The first kappa shape index (κ1) is 17.9. The molecule has 2 aromatic heterocycles. The molecule has 0 unspecified atom stereocenters. The summed E-state index contributed by atoms with van der Waals surface area (Å²) in [5, 5.41) is 9.79. The first-order chi connectivity index (χ1) is 12.2. The summed E-state index contributed by atoms with van der Waals surface area (Å²) in [7, 11) is 0. The van der Waals surface area contributed by atoms with Crippen LogP contribution in [0.2, 0.25) is 0 Å². The number of rotatable bonds is 2. The number of ether oxygens (including phenoxy) is 1. The van der Waals surface area contributed by atoms with Crippen LogP contribution in [-0.4, -0.2) is 44.2 Å². The molecule has 26 heavy (non-hydrogen) atoms. The van der Waals surface area contributed by atoms with Crippen LogP contribution < -0.4 is 5.32 Å². The number of pyridine rings is 1. The van der Waals surface area contributed by atoms with E-state index in [0.717, 1.165) is 11.4 Å². The van der Waals surface area contributed by atoms with Crippen molar-refractivity contribution in [2.45, 2.75) is 46.3 Å². The number of hydrogen-bond acceptors (Lipinski definition) is 5. The van der Waals surface area contributed by atoms with Crippen molar-refractivity contribution in [2.24, 2.45) is 0 Å². The third kappa shape index (κ3) is 4.01. The second-order valence-corrected chi connectivity index (χ2v) is 7.30. The Morgan fingerprint density at radius 2 is 2.08 bits per heavy atom. The van der Waals surface area contributed by atoms with Gasteiger partial charge in [0, 0.05) is 29.9 Å². The SMILES string of the molecule is Cc1cccc(NC(=O)c2n[nH]c3c2CN(C(=O)OC(C)(C)C)CC3)n1. The second kappa shape index (κ2) is 6.78. The Balaban J connectivity index is 1.75. The lowest BCUT2D eigenvalue weighted by Crippen LogP contribution is -2.40.